The number of benzene rings is 1. The van der Waals surface area contributed by atoms with E-state index in [1.807, 2.05) is 30.3 Å². The van der Waals surface area contributed by atoms with Gasteiger partial charge in [-0.1, -0.05) is 41.9 Å². The lowest BCUT2D eigenvalue weighted by atomic mass is 10.2. The van der Waals surface area contributed by atoms with Crippen LogP contribution in [-0.4, -0.2) is 9.97 Å². The fraction of sp³-hybridized carbons (Fsp3) is 0.0909. The van der Waals surface area contributed by atoms with Gasteiger partial charge in [-0.05, 0) is 5.56 Å². The highest BCUT2D eigenvalue weighted by Crippen LogP contribution is 2.15. The Morgan fingerprint density at radius 3 is 2.62 bits per heavy atom. The van der Waals surface area contributed by atoms with E-state index < -0.39 is 0 Å². The minimum atomic E-state index is 0.107. The van der Waals surface area contributed by atoms with Gasteiger partial charge in [-0.3, -0.25) is 0 Å². The Morgan fingerprint density at radius 2 is 1.94 bits per heavy atom. The van der Waals surface area contributed by atoms with Crippen LogP contribution in [-0.2, 0) is 6.61 Å². The first-order chi connectivity index (χ1) is 7.74. The van der Waals surface area contributed by atoms with Gasteiger partial charge >= 0.3 is 0 Å². The van der Waals surface area contributed by atoms with Crippen LogP contribution in [0.4, 0.5) is 5.95 Å². The minimum absolute atomic E-state index is 0.107. The number of nitrogens with zero attached hydrogens (tertiary/aromatic N) is 2. The summed E-state index contributed by atoms with van der Waals surface area (Å²) in [5, 5.41) is 0.274. The molecule has 0 atom stereocenters. The number of halogens is 1. The molecule has 2 N–H and O–H groups in total. The van der Waals surface area contributed by atoms with Gasteiger partial charge in [-0.25, -0.2) is 4.98 Å². The fourth-order valence-corrected chi connectivity index (χ4v) is 1.40. The van der Waals surface area contributed by atoms with Gasteiger partial charge in [0.1, 0.15) is 11.8 Å². The van der Waals surface area contributed by atoms with Crippen molar-refractivity contribution in [2.75, 3.05) is 5.73 Å². The molecule has 0 saturated heterocycles. The lowest BCUT2D eigenvalue weighted by Crippen LogP contribution is -2.01. The summed E-state index contributed by atoms with van der Waals surface area (Å²) in [6.45, 7) is 0.424. The third kappa shape index (κ3) is 2.84. The van der Waals surface area contributed by atoms with E-state index in [1.54, 1.807) is 0 Å². The van der Waals surface area contributed by atoms with E-state index >= 15 is 0 Å². The number of hydrogen-bond acceptors (Lipinski definition) is 4. The van der Waals surface area contributed by atoms with Crippen molar-refractivity contribution in [3.63, 3.8) is 0 Å². The maximum absolute atomic E-state index is 5.72. The van der Waals surface area contributed by atoms with Crippen LogP contribution in [0, 0.1) is 0 Å². The summed E-state index contributed by atoms with van der Waals surface area (Å²) in [6.07, 6.45) is 0. The molecular formula is C11H10ClN3O. The van der Waals surface area contributed by atoms with Crippen LogP contribution in [0.5, 0.6) is 5.88 Å². The molecule has 0 spiro atoms. The van der Waals surface area contributed by atoms with Crippen molar-refractivity contribution in [1.29, 1.82) is 0 Å². The highest BCUT2D eigenvalue weighted by atomic mass is 35.5. The first-order valence-electron chi connectivity index (χ1n) is 4.71. The molecule has 0 saturated carbocycles. The highest BCUT2D eigenvalue weighted by molar-refractivity contribution is 6.29. The third-order valence-corrected chi connectivity index (χ3v) is 2.11. The number of aromatic nitrogens is 2. The second kappa shape index (κ2) is 4.81. The summed E-state index contributed by atoms with van der Waals surface area (Å²) in [4.78, 5) is 7.65. The van der Waals surface area contributed by atoms with Crippen molar-refractivity contribution in [2.24, 2.45) is 0 Å². The van der Waals surface area contributed by atoms with Crippen LogP contribution in [0.2, 0.25) is 5.15 Å². The van der Waals surface area contributed by atoms with Crippen molar-refractivity contribution in [3.8, 4) is 5.88 Å². The summed E-state index contributed by atoms with van der Waals surface area (Å²) in [5.41, 5.74) is 6.49. The Balaban J connectivity index is 2.05. The van der Waals surface area contributed by atoms with E-state index in [4.69, 9.17) is 22.1 Å². The Hall–Kier alpha value is -1.81. The molecule has 0 radical (unpaired) electrons. The van der Waals surface area contributed by atoms with E-state index in [9.17, 15) is 0 Å². The number of ether oxygens (including phenoxy) is 1. The predicted molar refractivity (Wildman–Crippen MR) is 62.2 cm³/mol. The molecule has 0 aliphatic rings. The molecule has 2 rings (SSSR count). The molecule has 82 valence electrons. The molecule has 0 aliphatic carbocycles. The zero-order valence-corrected chi connectivity index (χ0v) is 9.19. The Morgan fingerprint density at radius 1 is 1.19 bits per heavy atom. The number of nitrogen functional groups attached to an aromatic ring is 1. The monoisotopic (exact) mass is 235 g/mol. The van der Waals surface area contributed by atoms with Gasteiger partial charge in [0.25, 0.3) is 0 Å². The van der Waals surface area contributed by atoms with Gasteiger partial charge < -0.3 is 10.5 Å². The number of anilines is 1. The molecular weight excluding hydrogens is 226 g/mol. The molecule has 0 fully saturated rings. The molecule has 2 aromatic rings. The van der Waals surface area contributed by atoms with Crippen LogP contribution in [0.25, 0.3) is 0 Å². The van der Waals surface area contributed by atoms with E-state index in [0.29, 0.717) is 12.5 Å². The van der Waals surface area contributed by atoms with Crippen LogP contribution in [0.3, 0.4) is 0 Å². The molecule has 0 aliphatic heterocycles. The van der Waals surface area contributed by atoms with E-state index in [-0.39, 0.29) is 11.1 Å². The van der Waals surface area contributed by atoms with Crippen LogP contribution in [0.15, 0.2) is 36.4 Å². The summed E-state index contributed by atoms with van der Waals surface area (Å²) in [5.74, 6) is 0.483. The minimum Gasteiger partial charge on any atom is -0.473 e. The van der Waals surface area contributed by atoms with Crippen LogP contribution in [0.1, 0.15) is 5.56 Å². The first-order valence-corrected chi connectivity index (χ1v) is 5.08. The van der Waals surface area contributed by atoms with E-state index in [2.05, 4.69) is 9.97 Å². The maximum atomic E-state index is 5.72. The molecule has 4 nitrogen and oxygen atoms in total. The zero-order chi connectivity index (χ0) is 11.4. The first kappa shape index (κ1) is 10.7. The Bertz CT molecular complexity index is 456. The molecule has 0 bridgehead atoms. The van der Waals surface area contributed by atoms with E-state index in [1.165, 1.54) is 6.07 Å². The van der Waals surface area contributed by atoms with Gasteiger partial charge in [-0.2, -0.15) is 4.98 Å². The predicted octanol–water partition coefficient (Wildman–Crippen LogP) is 2.29. The normalized spacial score (nSPS) is 10.1. The van der Waals surface area contributed by atoms with Gasteiger partial charge in [0, 0.05) is 6.07 Å². The molecule has 0 unspecified atom stereocenters. The largest absolute Gasteiger partial charge is 0.473 e. The van der Waals surface area contributed by atoms with Crippen molar-refractivity contribution < 1.29 is 4.74 Å². The third-order valence-electron chi connectivity index (χ3n) is 1.92. The number of hydrogen-bond donors (Lipinski definition) is 1. The second-order valence-electron chi connectivity index (χ2n) is 3.16. The van der Waals surface area contributed by atoms with Crippen LogP contribution >= 0.6 is 11.6 Å². The van der Waals surface area contributed by atoms with Crippen LogP contribution < -0.4 is 10.5 Å². The average molecular weight is 236 g/mol. The van der Waals surface area contributed by atoms with Crippen molar-refractivity contribution in [3.05, 3.63) is 47.1 Å². The molecule has 16 heavy (non-hydrogen) atoms. The standard InChI is InChI=1S/C11H10ClN3O/c12-9-6-10(15-11(13)14-9)16-7-8-4-2-1-3-5-8/h1-6H,7H2,(H2,13,14,15). The molecule has 1 heterocycles. The molecule has 5 heteroatoms. The summed E-state index contributed by atoms with van der Waals surface area (Å²) in [6, 6.07) is 11.3. The summed E-state index contributed by atoms with van der Waals surface area (Å²) >= 11 is 5.72. The number of nitrogens with two attached hydrogens (primary N) is 1. The SMILES string of the molecule is Nc1nc(Cl)cc(OCc2ccccc2)n1. The number of rotatable bonds is 3. The van der Waals surface area contributed by atoms with Gasteiger partial charge in [-0.15, -0.1) is 0 Å². The second-order valence-corrected chi connectivity index (χ2v) is 3.55. The van der Waals surface area contributed by atoms with Gasteiger partial charge in [0.15, 0.2) is 0 Å². The fourth-order valence-electron chi connectivity index (χ4n) is 1.22. The Labute approximate surface area is 98.0 Å². The van der Waals surface area contributed by atoms with Crippen molar-refractivity contribution in [2.45, 2.75) is 6.61 Å². The van der Waals surface area contributed by atoms with Gasteiger partial charge in [0.05, 0.1) is 0 Å². The van der Waals surface area contributed by atoms with E-state index in [0.717, 1.165) is 5.56 Å². The lowest BCUT2D eigenvalue weighted by Gasteiger charge is -2.05. The Kier molecular flexibility index (Phi) is 3.22. The van der Waals surface area contributed by atoms with Crippen molar-refractivity contribution in [1.82, 2.24) is 9.97 Å². The maximum Gasteiger partial charge on any atom is 0.224 e. The lowest BCUT2D eigenvalue weighted by molar-refractivity contribution is 0.294. The summed E-state index contributed by atoms with van der Waals surface area (Å²) < 4.78 is 5.44. The molecule has 1 aromatic carbocycles. The highest BCUT2D eigenvalue weighted by Gasteiger charge is 2.01. The average Bonchev–Trinajstić information content (AvgIpc) is 2.27. The molecule has 0 amide bonds. The summed E-state index contributed by atoms with van der Waals surface area (Å²) in [7, 11) is 0. The van der Waals surface area contributed by atoms with Gasteiger partial charge in [0.2, 0.25) is 11.8 Å². The zero-order valence-electron chi connectivity index (χ0n) is 8.43. The smallest absolute Gasteiger partial charge is 0.224 e. The topological polar surface area (TPSA) is 61.0 Å². The molecule has 1 aromatic heterocycles. The van der Waals surface area contributed by atoms with Crippen molar-refractivity contribution >= 4 is 17.5 Å². The quantitative estimate of drug-likeness (QED) is 0.830.